The molecule has 1 fully saturated rings. The molecule has 1 saturated heterocycles. The second-order valence-electron chi connectivity index (χ2n) is 3.12. The molecule has 0 radical (unpaired) electrons. The van der Waals surface area contributed by atoms with Gasteiger partial charge in [0.25, 0.3) is 0 Å². The van der Waals surface area contributed by atoms with Crippen molar-refractivity contribution in [2.24, 2.45) is 7.05 Å². The minimum Gasteiger partial charge on any atom is -0.369 e. The van der Waals surface area contributed by atoms with Gasteiger partial charge in [-0.3, -0.25) is 0 Å². The number of hydrogen-bond acceptors (Lipinski definition) is 5. The molecule has 0 saturated carbocycles. The molecule has 2 heterocycles. The summed E-state index contributed by atoms with van der Waals surface area (Å²) in [5.74, 6) is 0.648. The van der Waals surface area contributed by atoms with Gasteiger partial charge in [-0.2, -0.15) is 4.80 Å². The summed E-state index contributed by atoms with van der Waals surface area (Å²) in [7, 11) is 1.74. The molecule has 72 valence electrons. The van der Waals surface area contributed by atoms with Crippen LogP contribution in [0.5, 0.6) is 0 Å². The Bertz CT molecular complexity index is 268. The number of hydrogen-bond donors (Lipinski definition) is 1. The van der Waals surface area contributed by atoms with Gasteiger partial charge in [-0.05, 0) is 18.2 Å². The van der Waals surface area contributed by atoms with Crippen LogP contribution in [0, 0.1) is 0 Å². The second kappa shape index (κ2) is 3.80. The maximum absolute atomic E-state index is 5.56. The monoisotopic (exact) mass is 183 g/mol. The van der Waals surface area contributed by atoms with Crippen molar-refractivity contribution < 1.29 is 4.74 Å². The van der Waals surface area contributed by atoms with Gasteiger partial charge in [-0.15, -0.1) is 10.2 Å². The normalized spacial score (nSPS) is 22.4. The van der Waals surface area contributed by atoms with Crippen LogP contribution in [0.15, 0.2) is 0 Å². The first-order valence-corrected chi connectivity index (χ1v) is 4.40. The van der Waals surface area contributed by atoms with Crippen LogP contribution < -0.4 is 5.32 Å². The van der Waals surface area contributed by atoms with Crippen molar-refractivity contribution in [3.05, 3.63) is 5.82 Å². The van der Waals surface area contributed by atoms with Crippen molar-refractivity contribution in [1.29, 1.82) is 0 Å². The van der Waals surface area contributed by atoms with Crippen molar-refractivity contribution >= 4 is 0 Å². The SMILES string of the molecule is Cn1nnc(COC2CCNC2)n1. The largest absolute Gasteiger partial charge is 0.369 e. The first kappa shape index (κ1) is 8.58. The van der Waals surface area contributed by atoms with Gasteiger partial charge in [0, 0.05) is 6.54 Å². The summed E-state index contributed by atoms with van der Waals surface area (Å²) >= 11 is 0. The maximum Gasteiger partial charge on any atom is 0.200 e. The zero-order valence-corrected chi connectivity index (χ0v) is 7.60. The Morgan fingerprint density at radius 1 is 1.69 bits per heavy atom. The van der Waals surface area contributed by atoms with Crippen LogP contribution in [-0.4, -0.2) is 39.4 Å². The lowest BCUT2D eigenvalue weighted by molar-refractivity contribution is 0.0499. The van der Waals surface area contributed by atoms with Gasteiger partial charge in [-0.1, -0.05) is 0 Å². The van der Waals surface area contributed by atoms with Crippen LogP contribution >= 0.6 is 0 Å². The number of ether oxygens (including phenoxy) is 1. The molecule has 6 nitrogen and oxygen atoms in total. The van der Waals surface area contributed by atoms with Crippen molar-refractivity contribution in [3.8, 4) is 0 Å². The third-order valence-corrected chi connectivity index (χ3v) is 2.01. The van der Waals surface area contributed by atoms with Crippen LogP contribution in [0.1, 0.15) is 12.2 Å². The Balaban J connectivity index is 1.78. The molecule has 1 N–H and O–H groups in total. The third kappa shape index (κ3) is 2.22. The topological polar surface area (TPSA) is 64.9 Å². The van der Waals surface area contributed by atoms with E-state index in [0.29, 0.717) is 18.5 Å². The second-order valence-corrected chi connectivity index (χ2v) is 3.12. The van der Waals surface area contributed by atoms with Gasteiger partial charge in [-0.25, -0.2) is 0 Å². The predicted octanol–water partition coefficient (Wildman–Crippen LogP) is -0.911. The van der Waals surface area contributed by atoms with Gasteiger partial charge in [0.05, 0.1) is 13.2 Å². The molecule has 0 amide bonds. The lowest BCUT2D eigenvalue weighted by Crippen LogP contribution is -2.16. The minimum atomic E-state index is 0.309. The van der Waals surface area contributed by atoms with Gasteiger partial charge >= 0.3 is 0 Å². The number of tetrazole rings is 1. The van der Waals surface area contributed by atoms with E-state index >= 15 is 0 Å². The number of rotatable bonds is 3. The standard InChI is InChI=1S/C7H13N5O/c1-12-10-7(9-11-12)5-13-6-2-3-8-4-6/h6,8H,2-5H2,1H3. The van der Waals surface area contributed by atoms with E-state index in [1.807, 2.05) is 0 Å². The van der Waals surface area contributed by atoms with E-state index in [4.69, 9.17) is 4.74 Å². The van der Waals surface area contributed by atoms with Gasteiger partial charge in [0.15, 0.2) is 5.82 Å². The molecule has 1 aromatic heterocycles. The average Bonchev–Trinajstić information content (AvgIpc) is 2.71. The summed E-state index contributed by atoms with van der Waals surface area (Å²) in [4.78, 5) is 1.44. The van der Waals surface area contributed by atoms with E-state index in [9.17, 15) is 0 Å². The minimum absolute atomic E-state index is 0.309. The summed E-state index contributed by atoms with van der Waals surface area (Å²) in [6, 6.07) is 0. The van der Waals surface area contributed by atoms with Gasteiger partial charge in [0.1, 0.15) is 6.61 Å². The number of nitrogens with one attached hydrogen (secondary N) is 1. The fraction of sp³-hybridized carbons (Fsp3) is 0.857. The van der Waals surface area contributed by atoms with Crippen LogP contribution in [0.25, 0.3) is 0 Å². The van der Waals surface area contributed by atoms with Crippen LogP contribution in [0.4, 0.5) is 0 Å². The van der Waals surface area contributed by atoms with E-state index in [2.05, 4.69) is 20.7 Å². The first-order valence-electron chi connectivity index (χ1n) is 4.40. The van der Waals surface area contributed by atoms with E-state index in [1.165, 1.54) is 4.80 Å². The molecule has 0 spiro atoms. The summed E-state index contributed by atoms with van der Waals surface area (Å²) in [5.41, 5.74) is 0. The molecule has 13 heavy (non-hydrogen) atoms. The lowest BCUT2D eigenvalue weighted by atomic mass is 10.3. The smallest absolute Gasteiger partial charge is 0.200 e. The summed E-state index contributed by atoms with van der Waals surface area (Å²) < 4.78 is 5.56. The number of aromatic nitrogens is 4. The molecule has 1 aromatic rings. The van der Waals surface area contributed by atoms with E-state index in [1.54, 1.807) is 7.05 Å². The Kier molecular flexibility index (Phi) is 2.51. The van der Waals surface area contributed by atoms with Crippen molar-refractivity contribution in [2.75, 3.05) is 13.1 Å². The van der Waals surface area contributed by atoms with Crippen LogP contribution in [-0.2, 0) is 18.4 Å². The van der Waals surface area contributed by atoms with Gasteiger partial charge < -0.3 is 10.1 Å². The van der Waals surface area contributed by atoms with Gasteiger partial charge in [0.2, 0.25) is 0 Å². The van der Waals surface area contributed by atoms with Crippen molar-refractivity contribution in [2.45, 2.75) is 19.1 Å². The van der Waals surface area contributed by atoms with E-state index in [0.717, 1.165) is 19.5 Å². The molecule has 1 aliphatic rings. The zero-order chi connectivity index (χ0) is 9.10. The molecule has 1 atom stereocenters. The molecule has 0 aromatic carbocycles. The maximum atomic E-state index is 5.56. The molecule has 1 unspecified atom stereocenters. The Hall–Kier alpha value is -1.01. The highest BCUT2D eigenvalue weighted by Crippen LogP contribution is 2.04. The molecular weight excluding hydrogens is 170 g/mol. The Labute approximate surface area is 76.3 Å². The Morgan fingerprint density at radius 2 is 2.62 bits per heavy atom. The molecule has 2 rings (SSSR count). The number of nitrogens with zero attached hydrogens (tertiary/aromatic N) is 4. The van der Waals surface area contributed by atoms with Crippen molar-refractivity contribution in [1.82, 2.24) is 25.5 Å². The Morgan fingerprint density at radius 3 is 3.23 bits per heavy atom. The average molecular weight is 183 g/mol. The summed E-state index contributed by atoms with van der Waals surface area (Å²) in [5, 5.41) is 14.8. The molecular formula is C7H13N5O. The fourth-order valence-electron chi connectivity index (χ4n) is 1.34. The quantitative estimate of drug-likeness (QED) is 0.657. The first-order chi connectivity index (χ1) is 6.34. The number of aryl methyl sites for hydroxylation is 1. The summed E-state index contributed by atoms with van der Waals surface area (Å²) in [6.45, 7) is 2.43. The highest BCUT2D eigenvalue weighted by Gasteiger charge is 2.15. The predicted molar refractivity (Wildman–Crippen MR) is 44.9 cm³/mol. The van der Waals surface area contributed by atoms with E-state index in [-0.39, 0.29) is 0 Å². The summed E-state index contributed by atoms with van der Waals surface area (Å²) in [6.07, 6.45) is 1.38. The lowest BCUT2D eigenvalue weighted by Gasteiger charge is -2.06. The van der Waals surface area contributed by atoms with Crippen LogP contribution in [0.2, 0.25) is 0 Å². The fourth-order valence-corrected chi connectivity index (χ4v) is 1.34. The molecule has 0 aliphatic carbocycles. The van der Waals surface area contributed by atoms with E-state index < -0.39 is 0 Å². The third-order valence-electron chi connectivity index (χ3n) is 2.01. The molecule has 1 aliphatic heterocycles. The van der Waals surface area contributed by atoms with Crippen LogP contribution in [0.3, 0.4) is 0 Å². The zero-order valence-electron chi connectivity index (χ0n) is 7.60. The highest BCUT2D eigenvalue weighted by molar-refractivity contribution is 4.75. The highest BCUT2D eigenvalue weighted by atomic mass is 16.5. The van der Waals surface area contributed by atoms with Crippen molar-refractivity contribution in [3.63, 3.8) is 0 Å². The molecule has 6 heteroatoms. The molecule has 0 bridgehead atoms.